The fourth-order valence-electron chi connectivity index (χ4n) is 3.54. The predicted molar refractivity (Wildman–Crippen MR) is 108 cm³/mol. The van der Waals surface area contributed by atoms with Crippen LogP contribution in [0.3, 0.4) is 0 Å². The summed E-state index contributed by atoms with van der Waals surface area (Å²) in [6.07, 6.45) is 0.721. The van der Waals surface area contributed by atoms with E-state index >= 15 is 0 Å². The van der Waals surface area contributed by atoms with Gasteiger partial charge in [0.2, 0.25) is 21.7 Å². The third-order valence-corrected chi connectivity index (χ3v) is 5.84. The van der Waals surface area contributed by atoms with Crippen LogP contribution in [0.1, 0.15) is 25.3 Å². The van der Waals surface area contributed by atoms with Crippen molar-refractivity contribution in [1.82, 2.24) is 10.1 Å². The number of benzene rings is 2. The Bertz CT molecular complexity index is 1130. The van der Waals surface area contributed by atoms with Crippen molar-refractivity contribution in [2.45, 2.75) is 37.8 Å². The summed E-state index contributed by atoms with van der Waals surface area (Å²) in [4.78, 5) is 6.76. The van der Waals surface area contributed by atoms with Gasteiger partial charge in [-0.15, -0.1) is 0 Å². The van der Waals surface area contributed by atoms with Gasteiger partial charge >= 0.3 is 0 Å². The van der Waals surface area contributed by atoms with Crippen molar-refractivity contribution in [3.63, 3.8) is 0 Å². The number of hydrogen-bond donors (Lipinski definition) is 1. The highest BCUT2D eigenvalue weighted by atomic mass is 32.2. The summed E-state index contributed by atoms with van der Waals surface area (Å²) in [7, 11) is -3.72. The molecule has 1 aliphatic heterocycles. The molecular weight excluding hydrogens is 392 g/mol. The summed E-state index contributed by atoms with van der Waals surface area (Å²) >= 11 is 0. The molecule has 0 bridgehead atoms. The minimum atomic E-state index is -3.72. The Labute approximate surface area is 169 Å². The molecule has 1 atom stereocenters. The smallest absolute Gasteiger partial charge is 0.246 e. The number of primary sulfonamides is 1. The molecule has 1 aliphatic rings. The van der Waals surface area contributed by atoms with Gasteiger partial charge in [0.05, 0.1) is 18.0 Å². The van der Waals surface area contributed by atoms with Gasteiger partial charge in [-0.3, -0.25) is 0 Å². The lowest BCUT2D eigenvalue weighted by Crippen LogP contribution is -2.28. The molecule has 0 saturated heterocycles. The molecule has 0 radical (unpaired) electrons. The lowest BCUT2D eigenvalue weighted by atomic mass is 10.1. The number of aromatic nitrogens is 2. The van der Waals surface area contributed by atoms with E-state index in [0.29, 0.717) is 24.9 Å². The molecule has 2 aromatic carbocycles. The number of fused-ring (bicyclic) bond motifs is 1. The van der Waals surface area contributed by atoms with Crippen LogP contribution in [0.4, 0.5) is 5.69 Å². The highest BCUT2D eigenvalue weighted by Crippen LogP contribution is 2.34. The zero-order valence-electron chi connectivity index (χ0n) is 16.2. The molecular formula is C20H22N4O4S. The first-order chi connectivity index (χ1) is 13.8. The second-order valence-electron chi connectivity index (χ2n) is 6.99. The molecule has 4 rings (SSSR count). The van der Waals surface area contributed by atoms with Gasteiger partial charge in [0.1, 0.15) is 5.75 Å². The van der Waals surface area contributed by atoms with E-state index in [4.69, 9.17) is 14.4 Å². The first-order valence-electron chi connectivity index (χ1n) is 9.33. The minimum Gasteiger partial charge on any atom is -0.494 e. The van der Waals surface area contributed by atoms with Crippen LogP contribution >= 0.6 is 0 Å². The molecule has 0 spiro atoms. The Morgan fingerprint density at radius 3 is 2.69 bits per heavy atom. The molecule has 0 amide bonds. The average Bonchev–Trinajstić information content (AvgIpc) is 3.27. The zero-order valence-corrected chi connectivity index (χ0v) is 17.0. The van der Waals surface area contributed by atoms with E-state index in [1.807, 2.05) is 31.2 Å². The molecule has 1 aromatic heterocycles. The maximum Gasteiger partial charge on any atom is 0.246 e. The predicted octanol–water partition coefficient (Wildman–Crippen LogP) is 2.73. The molecule has 2 N–H and O–H groups in total. The first-order valence-corrected chi connectivity index (χ1v) is 10.9. The Morgan fingerprint density at radius 2 is 2.00 bits per heavy atom. The topological polar surface area (TPSA) is 112 Å². The van der Waals surface area contributed by atoms with Gasteiger partial charge in [-0.1, -0.05) is 5.16 Å². The summed E-state index contributed by atoms with van der Waals surface area (Å²) in [5, 5.41) is 9.33. The number of rotatable bonds is 6. The molecule has 2 heterocycles. The zero-order chi connectivity index (χ0) is 20.6. The van der Waals surface area contributed by atoms with Crippen molar-refractivity contribution in [2.24, 2.45) is 5.14 Å². The lowest BCUT2D eigenvalue weighted by molar-refractivity contribution is 0.340. The Kier molecular flexibility index (Phi) is 5.01. The summed E-state index contributed by atoms with van der Waals surface area (Å²) < 4.78 is 34.1. The van der Waals surface area contributed by atoms with Gasteiger partial charge in [0.25, 0.3) is 0 Å². The SMILES string of the molecule is CCOc1ccc(-c2noc(CN3c4ccc(S(N)(=O)=O)cc4CC3C)n2)cc1. The number of nitrogens with zero attached hydrogens (tertiary/aromatic N) is 3. The minimum absolute atomic E-state index is 0.126. The monoisotopic (exact) mass is 414 g/mol. The third-order valence-electron chi connectivity index (χ3n) is 4.93. The van der Waals surface area contributed by atoms with Crippen molar-refractivity contribution in [3.05, 3.63) is 53.9 Å². The van der Waals surface area contributed by atoms with Crippen LogP contribution < -0.4 is 14.8 Å². The largest absolute Gasteiger partial charge is 0.494 e. The van der Waals surface area contributed by atoms with Gasteiger partial charge in [-0.25, -0.2) is 13.6 Å². The first kappa shape index (κ1) is 19.4. The van der Waals surface area contributed by atoms with Crippen molar-refractivity contribution in [1.29, 1.82) is 0 Å². The fraction of sp³-hybridized carbons (Fsp3) is 0.300. The van der Waals surface area contributed by atoms with E-state index in [0.717, 1.165) is 29.0 Å². The molecule has 3 aromatic rings. The fourth-order valence-corrected chi connectivity index (χ4v) is 4.10. The molecule has 29 heavy (non-hydrogen) atoms. The van der Waals surface area contributed by atoms with E-state index in [-0.39, 0.29) is 10.9 Å². The quantitative estimate of drug-likeness (QED) is 0.660. The summed E-state index contributed by atoms with van der Waals surface area (Å²) in [5.41, 5.74) is 2.73. The van der Waals surface area contributed by atoms with Crippen molar-refractivity contribution >= 4 is 15.7 Å². The van der Waals surface area contributed by atoms with Gasteiger partial charge in [0.15, 0.2) is 0 Å². The van der Waals surface area contributed by atoms with E-state index in [9.17, 15) is 8.42 Å². The molecule has 152 valence electrons. The van der Waals surface area contributed by atoms with Crippen molar-refractivity contribution in [3.8, 4) is 17.1 Å². The maximum absolute atomic E-state index is 11.6. The molecule has 8 nitrogen and oxygen atoms in total. The van der Waals surface area contributed by atoms with Crippen LogP contribution in [-0.4, -0.2) is 31.2 Å². The summed E-state index contributed by atoms with van der Waals surface area (Å²) in [5.74, 6) is 1.80. The summed E-state index contributed by atoms with van der Waals surface area (Å²) in [6.45, 7) is 5.06. The molecule has 9 heteroatoms. The van der Waals surface area contributed by atoms with Gasteiger partial charge in [0, 0.05) is 17.3 Å². The molecule has 0 saturated carbocycles. The van der Waals surface area contributed by atoms with E-state index < -0.39 is 10.0 Å². The standard InChI is InChI=1S/C20H22N4O4S/c1-3-27-16-6-4-14(5-7-16)20-22-19(28-23-20)12-24-13(2)10-15-11-17(29(21,25)26)8-9-18(15)24/h4-9,11,13H,3,10,12H2,1-2H3,(H2,21,25,26). The Morgan fingerprint density at radius 1 is 1.24 bits per heavy atom. The number of ether oxygens (including phenoxy) is 1. The highest BCUT2D eigenvalue weighted by Gasteiger charge is 2.28. The highest BCUT2D eigenvalue weighted by molar-refractivity contribution is 7.89. The van der Waals surface area contributed by atoms with Crippen LogP contribution in [0.5, 0.6) is 5.75 Å². The van der Waals surface area contributed by atoms with Crippen LogP contribution in [-0.2, 0) is 23.0 Å². The normalized spacial score (nSPS) is 16.1. The molecule has 0 fully saturated rings. The Balaban J connectivity index is 1.54. The second-order valence-corrected chi connectivity index (χ2v) is 8.55. The summed E-state index contributed by atoms with van der Waals surface area (Å²) in [6, 6.07) is 12.6. The van der Waals surface area contributed by atoms with E-state index in [2.05, 4.69) is 22.0 Å². The number of hydrogen-bond acceptors (Lipinski definition) is 7. The maximum atomic E-state index is 11.6. The lowest BCUT2D eigenvalue weighted by Gasteiger charge is -2.22. The van der Waals surface area contributed by atoms with Gasteiger partial charge in [-0.2, -0.15) is 4.98 Å². The van der Waals surface area contributed by atoms with E-state index in [1.165, 1.54) is 6.07 Å². The van der Waals surface area contributed by atoms with Gasteiger partial charge < -0.3 is 14.2 Å². The van der Waals surface area contributed by atoms with E-state index in [1.54, 1.807) is 12.1 Å². The van der Waals surface area contributed by atoms with Crippen molar-refractivity contribution in [2.75, 3.05) is 11.5 Å². The number of anilines is 1. The third kappa shape index (κ3) is 3.96. The van der Waals surface area contributed by atoms with Crippen molar-refractivity contribution < 1.29 is 17.7 Å². The number of nitrogens with two attached hydrogens (primary N) is 1. The van der Waals surface area contributed by atoms with Crippen LogP contribution in [0.15, 0.2) is 51.9 Å². The van der Waals surface area contributed by atoms with Crippen LogP contribution in [0.25, 0.3) is 11.4 Å². The number of sulfonamides is 1. The average molecular weight is 414 g/mol. The molecule has 0 aliphatic carbocycles. The van der Waals surface area contributed by atoms with Crippen LogP contribution in [0.2, 0.25) is 0 Å². The Hall–Kier alpha value is -2.91. The van der Waals surface area contributed by atoms with Gasteiger partial charge in [-0.05, 0) is 68.3 Å². The van der Waals surface area contributed by atoms with Crippen LogP contribution in [0, 0.1) is 0 Å². The molecule has 1 unspecified atom stereocenters. The second kappa shape index (κ2) is 7.49.